The van der Waals surface area contributed by atoms with Gasteiger partial charge in [0.15, 0.2) is 0 Å². The lowest BCUT2D eigenvalue weighted by Crippen LogP contribution is -2.36. The van der Waals surface area contributed by atoms with Gasteiger partial charge in [-0.25, -0.2) is 14.8 Å². The lowest BCUT2D eigenvalue weighted by Gasteiger charge is -2.28. The van der Waals surface area contributed by atoms with Gasteiger partial charge in [0, 0.05) is 23.3 Å². The van der Waals surface area contributed by atoms with Crippen molar-refractivity contribution in [1.29, 1.82) is 0 Å². The number of benzene rings is 1. The SMILES string of the molecule is Cc1nc(Nc2ccc(Cl)cc2)cc(C2CCCN2C(=O)OC(C)(C)C)n1. The Hall–Kier alpha value is -2.34. The number of rotatable bonds is 3. The van der Waals surface area contributed by atoms with Crippen LogP contribution in [-0.4, -0.2) is 33.1 Å². The summed E-state index contributed by atoms with van der Waals surface area (Å²) in [6.45, 7) is 8.14. The monoisotopic (exact) mass is 388 g/mol. The molecule has 1 atom stereocenters. The molecular weight excluding hydrogens is 364 g/mol. The molecule has 6 nitrogen and oxygen atoms in total. The first-order valence-corrected chi connectivity index (χ1v) is 9.47. The fraction of sp³-hybridized carbons (Fsp3) is 0.450. The van der Waals surface area contributed by atoms with Gasteiger partial charge < -0.3 is 10.1 Å². The van der Waals surface area contributed by atoms with Crippen LogP contribution in [0.5, 0.6) is 0 Å². The smallest absolute Gasteiger partial charge is 0.410 e. The van der Waals surface area contributed by atoms with Crippen LogP contribution in [0.15, 0.2) is 30.3 Å². The van der Waals surface area contributed by atoms with Crippen molar-refractivity contribution in [3.05, 3.63) is 46.9 Å². The Kier molecular flexibility index (Phi) is 5.56. The van der Waals surface area contributed by atoms with Crippen molar-refractivity contribution < 1.29 is 9.53 Å². The number of anilines is 2. The molecule has 1 aromatic heterocycles. The molecule has 2 heterocycles. The quantitative estimate of drug-likeness (QED) is 0.777. The van der Waals surface area contributed by atoms with E-state index >= 15 is 0 Å². The fourth-order valence-corrected chi connectivity index (χ4v) is 3.25. The van der Waals surface area contributed by atoms with Gasteiger partial charge in [-0.3, -0.25) is 4.90 Å². The summed E-state index contributed by atoms with van der Waals surface area (Å²) in [5, 5.41) is 3.95. The van der Waals surface area contributed by atoms with Gasteiger partial charge >= 0.3 is 6.09 Å². The predicted molar refractivity (Wildman–Crippen MR) is 106 cm³/mol. The standard InChI is InChI=1S/C20H25ClN4O2/c1-13-22-16(12-18(23-13)24-15-9-7-14(21)8-10-15)17-6-5-11-25(17)19(26)27-20(2,3)4/h7-10,12,17H,5-6,11H2,1-4H3,(H,22,23,24). The summed E-state index contributed by atoms with van der Waals surface area (Å²) in [4.78, 5) is 23.4. The number of ether oxygens (including phenoxy) is 1. The summed E-state index contributed by atoms with van der Waals surface area (Å²) in [6, 6.07) is 9.21. The number of likely N-dealkylation sites (tertiary alicyclic amines) is 1. The van der Waals surface area contributed by atoms with Gasteiger partial charge in [-0.2, -0.15) is 0 Å². The summed E-state index contributed by atoms with van der Waals surface area (Å²) in [7, 11) is 0. The Labute approximate surface area is 164 Å². The highest BCUT2D eigenvalue weighted by molar-refractivity contribution is 6.30. The Morgan fingerprint density at radius 2 is 1.96 bits per heavy atom. The van der Waals surface area contributed by atoms with E-state index in [1.807, 2.05) is 58.0 Å². The average molecular weight is 389 g/mol. The fourth-order valence-electron chi connectivity index (χ4n) is 3.12. The van der Waals surface area contributed by atoms with Crippen molar-refractivity contribution >= 4 is 29.2 Å². The highest BCUT2D eigenvalue weighted by Crippen LogP contribution is 2.33. The summed E-state index contributed by atoms with van der Waals surface area (Å²) < 4.78 is 5.56. The molecule has 144 valence electrons. The number of nitrogens with zero attached hydrogens (tertiary/aromatic N) is 3. The lowest BCUT2D eigenvalue weighted by atomic mass is 10.1. The molecule has 1 amide bonds. The largest absolute Gasteiger partial charge is 0.444 e. The zero-order valence-corrected chi connectivity index (χ0v) is 16.9. The van der Waals surface area contributed by atoms with Gasteiger partial charge in [0.05, 0.1) is 11.7 Å². The van der Waals surface area contributed by atoms with Gasteiger partial charge in [-0.15, -0.1) is 0 Å². The van der Waals surface area contributed by atoms with E-state index < -0.39 is 5.60 Å². The molecule has 3 rings (SSSR count). The minimum Gasteiger partial charge on any atom is -0.444 e. The van der Waals surface area contributed by atoms with E-state index in [0.717, 1.165) is 24.2 Å². The van der Waals surface area contributed by atoms with E-state index in [-0.39, 0.29) is 12.1 Å². The van der Waals surface area contributed by atoms with Crippen LogP contribution in [0.1, 0.15) is 51.2 Å². The van der Waals surface area contributed by atoms with Gasteiger partial charge in [-0.05, 0) is 64.8 Å². The number of aromatic nitrogens is 2. The molecule has 1 unspecified atom stereocenters. The first-order chi connectivity index (χ1) is 12.7. The van der Waals surface area contributed by atoms with Crippen LogP contribution >= 0.6 is 11.6 Å². The predicted octanol–water partition coefficient (Wildman–Crippen LogP) is 5.25. The Morgan fingerprint density at radius 3 is 2.63 bits per heavy atom. The molecule has 0 saturated carbocycles. The second-order valence-corrected chi connectivity index (χ2v) is 8.13. The minimum atomic E-state index is -0.521. The summed E-state index contributed by atoms with van der Waals surface area (Å²) in [5.74, 6) is 1.34. The van der Waals surface area contributed by atoms with Crippen LogP contribution in [0, 0.1) is 6.92 Å². The molecule has 1 saturated heterocycles. The topological polar surface area (TPSA) is 67.4 Å². The number of hydrogen-bond acceptors (Lipinski definition) is 5. The number of hydrogen-bond donors (Lipinski definition) is 1. The molecule has 1 aromatic carbocycles. The highest BCUT2D eigenvalue weighted by Gasteiger charge is 2.34. The van der Waals surface area contributed by atoms with E-state index in [2.05, 4.69) is 15.3 Å². The summed E-state index contributed by atoms with van der Waals surface area (Å²) in [5.41, 5.74) is 1.19. The maximum absolute atomic E-state index is 12.6. The molecule has 1 aliphatic rings. The number of halogens is 1. The van der Waals surface area contributed by atoms with Gasteiger partial charge in [0.1, 0.15) is 17.2 Å². The zero-order valence-electron chi connectivity index (χ0n) is 16.1. The molecule has 0 bridgehead atoms. The number of aryl methyl sites for hydroxylation is 1. The number of carbonyl (C=O) groups excluding carboxylic acids is 1. The van der Waals surface area contributed by atoms with Gasteiger partial charge in [0.2, 0.25) is 0 Å². The van der Waals surface area contributed by atoms with Gasteiger partial charge in [-0.1, -0.05) is 11.6 Å². The Bertz CT molecular complexity index is 818. The average Bonchev–Trinajstić information content (AvgIpc) is 3.05. The molecule has 0 spiro atoms. The van der Waals surface area contributed by atoms with Crippen molar-refractivity contribution in [2.75, 3.05) is 11.9 Å². The van der Waals surface area contributed by atoms with Crippen molar-refractivity contribution in [1.82, 2.24) is 14.9 Å². The molecule has 0 aliphatic carbocycles. The van der Waals surface area contributed by atoms with Crippen LogP contribution in [-0.2, 0) is 4.74 Å². The van der Waals surface area contributed by atoms with Crippen LogP contribution in [0.4, 0.5) is 16.3 Å². The third-order valence-corrected chi connectivity index (χ3v) is 4.45. The van der Waals surface area contributed by atoms with E-state index in [4.69, 9.17) is 16.3 Å². The van der Waals surface area contributed by atoms with Crippen LogP contribution < -0.4 is 5.32 Å². The first-order valence-electron chi connectivity index (χ1n) is 9.09. The van der Waals surface area contributed by atoms with Crippen molar-refractivity contribution in [3.63, 3.8) is 0 Å². The lowest BCUT2D eigenvalue weighted by molar-refractivity contribution is 0.0221. The van der Waals surface area contributed by atoms with E-state index in [1.54, 1.807) is 4.90 Å². The Balaban J connectivity index is 1.82. The second-order valence-electron chi connectivity index (χ2n) is 7.69. The zero-order chi connectivity index (χ0) is 19.6. The van der Waals surface area contributed by atoms with E-state index in [1.165, 1.54) is 0 Å². The van der Waals surface area contributed by atoms with Gasteiger partial charge in [0.25, 0.3) is 0 Å². The first kappa shape index (κ1) is 19.4. The molecule has 7 heteroatoms. The van der Waals surface area contributed by atoms with Crippen LogP contribution in [0.2, 0.25) is 5.02 Å². The summed E-state index contributed by atoms with van der Waals surface area (Å²) >= 11 is 5.94. The summed E-state index contributed by atoms with van der Waals surface area (Å²) in [6.07, 6.45) is 1.48. The highest BCUT2D eigenvalue weighted by atomic mass is 35.5. The number of carbonyl (C=O) groups is 1. The maximum Gasteiger partial charge on any atom is 0.410 e. The molecule has 1 N–H and O–H groups in total. The van der Waals surface area contributed by atoms with E-state index in [0.29, 0.717) is 23.2 Å². The molecule has 2 aromatic rings. The van der Waals surface area contributed by atoms with E-state index in [9.17, 15) is 4.79 Å². The molecule has 0 radical (unpaired) electrons. The van der Waals surface area contributed by atoms with Crippen LogP contribution in [0.25, 0.3) is 0 Å². The third kappa shape index (κ3) is 5.10. The molecule has 1 aliphatic heterocycles. The van der Waals surface area contributed by atoms with Crippen molar-refractivity contribution in [2.45, 2.75) is 52.2 Å². The number of nitrogens with one attached hydrogen (secondary N) is 1. The second kappa shape index (κ2) is 7.72. The molecular formula is C20H25ClN4O2. The van der Waals surface area contributed by atoms with Crippen molar-refractivity contribution in [2.24, 2.45) is 0 Å². The minimum absolute atomic E-state index is 0.104. The number of amides is 1. The third-order valence-electron chi connectivity index (χ3n) is 4.20. The molecule has 1 fully saturated rings. The normalized spacial score (nSPS) is 17.1. The Morgan fingerprint density at radius 1 is 1.26 bits per heavy atom. The molecule has 27 heavy (non-hydrogen) atoms. The maximum atomic E-state index is 12.6. The van der Waals surface area contributed by atoms with Crippen LogP contribution in [0.3, 0.4) is 0 Å². The van der Waals surface area contributed by atoms with Crippen molar-refractivity contribution in [3.8, 4) is 0 Å².